The predicted octanol–water partition coefficient (Wildman–Crippen LogP) is 0.372. The third kappa shape index (κ3) is 2.31. The van der Waals surface area contributed by atoms with Crippen molar-refractivity contribution in [3.05, 3.63) is 28.2 Å². The number of aromatic nitrogens is 1. The Morgan fingerprint density at radius 3 is 2.26 bits per heavy atom. The van der Waals surface area contributed by atoms with Crippen molar-refractivity contribution in [3.63, 3.8) is 0 Å². The number of nitrogens with one attached hydrogen (secondary N) is 1. The fourth-order valence-electron chi connectivity index (χ4n) is 1.77. The fraction of sp³-hybridized carbons (Fsp3) is 0.500. The highest BCUT2D eigenvalue weighted by molar-refractivity contribution is 6.62. The van der Waals surface area contributed by atoms with Crippen molar-refractivity contribution in [1.82, 2.24) is 4.98 Å². The van der Waals surface area contributed by atoms with Gasteiger partial charge < -0.3 is 19.4 Å². The zero-order chi connectivity index (χ0) is 14.4. The van der Waals surface area contributed by atoms with Crippen LogP contribution >= 0.6 is 0 Å². The summed E-state index contributed by atoms with van der Waals surface area (Å²) in [5.74, 6) is -1.28. The molecule has 1 saturated heterocycles. The topological polar surface area (TPSA) is 88.6 Å². The zero-order valence-corrected chi connectivity index (χ0v) is 11.3. The van der Waals surface area contributed by atoms with E-state index in [1.807, 2.05) is 27.7 Å². The molecule has 0 aromatic carbocycles. The maximum Gasteiger partial charge on any atom is 0.496 e. The number of hydrogen-bond donors (Lipinski definition) is 2. The van der Waals surface area contributed by atoms with Gasteiger partial charge in [0.05, 0.1) is 11.2 Å². The van der Waals surface area contributed by atoms with Crippen LogP contribution in [0.15, 0.2) is 17.1 Å². The summed E-state index contributed by atoms with van der Waals surface area (Å²) in [4.78, 5) is 24.7. The van der Waals surface area contributed by atoms with Crippen LogP contribution < -0.4 is 11.0 Å². The summed E-state index contributed by atoms with van der Waals surface area (Å²) in [7, 11) is -0.694. The standard InChI is InChI=1S/C12H16BNO5/c1-11(2)12(3,4)19-13(18-11)7-5-8(10(16)17)9(15)14-6-7/h5-6H,1-4H3,(H,14,15)(H,16,17). The van der Waals surface area contributed by atoms with Gasteiger partial charge in [-0.15, -0.1) is 0 Å². The van der Waals surface area contributed by atoms with Crippen LogP contribution in [0.1, 0.15) is 38.1 Å². The van der Waals surface area contributed by atoms with E-state index in [1.165, 1.54) is 12.3 Å². The van der Waals surface area contributed by atoms with Crippen molar-refractivity contribution in [1.29, 1.82) is 0 Å². The van der Waals surface area contributed by atoms with Crippen LogP contribution in [-0.2, 0) is 9.31 Å². The normalized spacial score (nSPS) is 20.5. The molecule has 6 nitrogen and oxygen atoms in total. The molecule has 1 aromatic heterocycles. The maximum absolute atomic E-state index is 11.4. The van der Waals surface area contributed by atoms with E-state index in [0.717, 1.165) is 0 Å². The van der Waals surface area contributed by atoms with E-state index in [2.05, 4.69) is 4.98 Å². The second kappa shape index (κ2) is 4.21. The highest BCUT2D eigenvalue weighted by atomic mass is 16.7. The molecule has 0 radical (unpaired) electrons. The van der Waals surface area contributed by atoms with Crippen molar-refractivity contribution in [3.8, 4) is 0 Å². The first kappa shape index (κ1) is 13.8. The van der Waals surface area contributed by atoms with Crippen molar-refractivity contribution < 1.29 is 19.2 Å². The molecule has 0 aliphatic carbocycles. The van der Waals surface area contributed by atoms with E-state index in [-0.39, 0.29) is 5.56 Å². The van der Waals surface area contributed by atoms with Crippen molar-refractivity contribution in [2.75, 3.05) is 0 Å². The molecule has 0 unspecified atom stereocenters. The molecule has 102 valence electrons. The van der Waals surface area contributed by atoms with Crippen molar-refractivity contribution in [2.24, 2.45) is 0 Å². The van der Waals surface area contributed by atoms with Gasteiger partial charge in [-0.3, -0.25) is 4.79 Å². The zero-order valence-electron chi connectivity index (χ0n) is 11.3. The number of carboxylic acids is 1. The largest absolute Gasteiger partial charge is 0.496 e. The molecule has 1 fully saturated rings. The first-order valence-corrected chi connectivity index (χ1v) is 5.95. The van der Waals surface area contributed by atoms with E-state index in [0.29, 0.717) is 5.46 Å². The summed E-state index contributed by atoms with van der Waals surface area (Å²) in [5, 5.41) is 8.94. The van der Waals surface area contributed by atoms with Crippen molar-refractivity contribution in [2.45, 2.75) is 38.9 Å². The average molecular weight is 265 g/mol. The quantitative estimate of drug-likeness (QED) is 0.754. The Morgan fingerprint density at radius 2 is 1.79 bits per heavy atom. The summed E-state index contributed by atoms with van der Waals surface area (Å²) in [5.41, 5.74) is -1.52. The Bertz CT molecular complexity index is 562. The summed E-state index contributed by atoms with van der Waals surface area (Å²) in [6, 6.07) is 1.28. The lowest BCUT2D eigenvalue weighted by atomic mass is 9.80. The summed E-state index contributed by atoms with van der Waals surface area (Å²) in [6.07, 6.45) is 1.41. The van der Waals surface area contributed by atoms with E-state index in [1.54, 1.807) is 0 Å². The minimum atomic E-state index is -1.28. The van der Waals surface area contributed by atoms with Gasteiger partial charge in [0, 0.05) is 6.20 Å². The highest BCUT2D eigenvalue weighted by Gasteiger charge is 2.51. The van der Waals surface area contributed by atoms with E-state index < -0.39 is 29.8 Å². The van der Waals surface area contributed by atoms with Crippen LogP contribution in [-0.4, -0.2) is 34.4 Å². The molecule has 2 rings (SSSR count). The molecule has 0 saturated carbocycles. The maximum atomic E-state index is 11.4. The molecule has 0 spiro atoms. The monoisotopic (exact) mass is 265 g/mol. The minimum Gasteiger partial charge on any atom is -0.477 e. The van der Waals surface area contributed by atoms with E-state index >= 15 is 0 Å². The Hall–Kier alpha value is -1.60. The molecular weight excluding hydrogens is 249 g/mol. The Kier molecular flexibility index (Phi) is 3.06. The molecule has 0 amide bonds. The van der Waals surface area contributed by atoms with Gasteiger partial charge in [-0.1, -0.05) is 0 Å². The van der Waals surface area contributed by atoms with Gasteiger partial charge in [-0.25, -0.2) is 4.79 Å². The van der Waals surface area contributed by atoms with E-state index in [9.17, 15) is 9.59 Å². The van der Waals surface area contributed by atoms with Gasteiger partial charge >= 0.3 is 13.1 Å². The summed E-state index contributed by atoms with van der Waals surface area (Å²) >= 11 is 0. The summed E-state index contributed by atoms with van der Waals surface area (Å²) < 4.78 is 11.6. The van der Waals surface area contributed by atoms with Gasteiger partial charge in [0.1, 0.15) is 5.56 Å². The van der Waals surface area contributed by atoms with E-state index in [4.69, 9.17) is 14.4 Å². The number of H-pyrrole nitrogens is 1. The Balaban J connectivity index is 2.38. The van der Waals surface area contributed by atoms with Crippen molar-refractivity contribution >= 4 is 18.6 Å². The van der Waals surface area contributed by atoms with Crippen LogP contribution in [0.4, 0.5) is 0 Å². The van der Waals surface area contributed by atoms with Crippen LogP contribution in [0.2, 0.25) is 0 Å². The lowest BCUT2D eigenvalue weighted by molar-refractivity contribution is 0.00578. The van der Waals surface area contributed by atoms with Crippen LogP contribution in [0, 0.1) is 0 Å². The molecule has 2 N–H and O–H groups in total. The smallest absolute Gasteiger partial charge is 0.477 e. The third-order valence-electron chi connectivity index (χ3n) is 3.68. The van der Waals surface area contributed by atoms with Gasteiger partial charge in [0.2, 0.25) is 0 Å². The molecule has 19 heavy (non-hydrogen) atoms. The highest BCUT2D eigenvalue weighted by Crippen LogP contribution is 2.36. The molecular formula is C12H16BNO5. The second-order valence-corrected chi connectivity index (χ2v) is 5.57. The van der Waals surface area contributed by atoms with Gasteiger partial charge in [0.15, 0.2) is 0 Å². The number of rotatable bonds is 2. The van der Waals surface area contributed by atoms with Crippen LogP contribution in [0.25, 0.3) is 0 Å². The lowest BCUT2D eigenvalue weighted by Crippen LogP contribution is -2.41. The van der Waals surface area contributed by atoms with Gasteiger partial charge in [0.25, 0.3) is 5.56 Å². The number of pyridine rings is 1. The number of aromatic carboxylic acids is 1. The SMILES string of the molecule is CC1(C)OB(c2c[nH]c(=O)c(C(=O)O)c2)OC1(C)C. The molecule has 0 bridgehead atoms. The fourth-order valence-corrected chi connectivity index (χ4v) is 1.77. The van der Waals surface area contributed by atoms with Gasteiger partial charge in [-0.2, -0.15) is 0 Å². The van der Waals surface area contributed by atoms with Gasteiger partial charge in [-0.05, 0) is 39.2 Å². The number of carboxylic acid groups (broad SMARTS) is 1. The molecule has 1 aliphatic heterocycles. The Morgan fingerprint density at radius 1 is 1.26 bits per heavy atom. The lowest BCUT2D eigenvalue weighted by Gasteiger charge is -2.32. The average Bonchev–Trinajstić information content (AvgIpc) is 2.48. The third-order valence-corrected chi connectivity index (χ3v) is 3.68. The number of aromatic amines is 1. The first-order chi connectivity index (χ1) is 8.64. The Labute approximate surface area is 110 Å². The first-order valence-electron chi connectivity index (χ1n) is 5.95. The molecule has 1 aliphatic rings. The predicted molar refractivity (Wildman–Crippen MR) is 69.7 cm³/mol. The number of carbonyl (C=O) groups is 1. The van der Waals surface area contributed by atoms with Crippen LogP contribution in [0.5, 0.6) is 0 Å². The minimum absolute atomic E-state index is 0.327. The molecule has 0 atom stereocenters. The molecule has 7 heteroatoms. The second-order valence-electron chi connectivity index (χ2n) is 5.57. The van der Waals surface area contributed by atoms with Crippen LogP contribution in [0.3, 0.4) is 0 Å². The molecule has 2 heterocycles. The summed E-state index contributed by atoms with van der Waals surface area (Å²) in [6.45, 7) is 7.60. The number of hydrogen-bond acceptors (Lipinski definition) is 4. The molecule has 1 aromatic rings.